The molecule has 2 atom stereocenters. The van der Waals surface area contributed by atoms with Crippen molar-refractivity contribution in [2.24, 2.45) is 11.7 Å². The molecule has 0 amide bonds. The van der Waals surface area contributed by atoms with Crippen LogP contribution in [0.25, 0.3) is 0 Å². The lowest BCUT2D eigenvalue weighted by Gasteiger charge is -2.28. The van der Waals surface area contributed by atoms with Crippen molar-refractivity contribution in [3.8, 4) is 0 Å². The maximum absolute atomic E-state index is 13.5. The predicted molar refractivity (Wildman–Crippen MR) is 78.9 cm³/mol. The van der Waals surface area contributed by atoms with Gasteiger partial charge in [-0.3, -0.25) is 0 Å². The van der Waals surface area contributed by atoms with Gasteiger partial charge in [0.1, 0.15) is 5.82 Å². The van der Waals surface area contributed by atoms with Crippen LogP contribution in [0.1, 0.15) is 51.0 Å². The molecule has 1 fully saturated rings. The van der Waals surface area contributed by atoms with Gasteiger partial charge in [0.15, 0.2) is 0 Å². The molecule has 2 rings (SSSR count). The number of nitrogens with two attached hydrogens (primary N) is 1. The summed E-state index contributed by atoms with van der Waals surface area (Å²) in [5.74, 6) is 0.468. The first-order valence-corrected chi connectivity index (χ1v) is 7.63. The van der Waals surface area contributed by atoms with Crippen LogP contribution in [0.4, 0.5) is 4.39 Å². The van der Waals surface area contributed by atoms with Gasteiger partial charge in [-0.25, -0.2) is 4.39 Å². The van der Waals surface area contributed by atoms with E-state index in [0.717, 1.165) is 30.7 Å². The molecule has 3 heteroatoms. The topological polar surface area (TPSA) is 26.0 Å². The molecule has 1 aliphatic rings. The molecule has 0 heterocycles. The molecule has 1 saturated carbocycles. The lowest BCUT2D eigenvalue weighted by atomic mass is 9.84. The number of rotatable bonds is 3. The first-order valence-electron chi connectivity index (χ1n) is 7.25. The number of benzene rings is 1. The van der Waals surface area contributed by atoms with E-state index in [0.29, 0.717) is 0 Å². The van der Waals surface area contributed by atoms with E-state index in [4.69, 9.17) is 17.3 Å². The van der Waals surface area contributed by atoms with Gasteiger partial charge >= 0.3 is 0 Å². The van der Waals surface area contributed by atoms with E-state index in [1.165, 1.54) is 31.7 Å². The first kappa shape index (κ1) is 14.8. The average Bonchev–Trinajstić information content (AvgIpc) is 2.56. The Labute approximate surface area is 120 Å². The zero-order valence-corrected chi connectivity index (χ0v) is 12.3. The number of hydrogen-bond donors (Lipinski definition) is 1. The van der Waals surface area contributed by atoms with Gasteiger partial charge in [0.25, 0.3) is 0 Å². The van der Waals surface area contributed by atoms with Crippen molar-refractivity contribution in [1.29, 1.82) is 0 Å². The van der Waals surface area contributed by atoms with Gasteiger partial charge in [0.05, 0.1) is 5.02 Å². The fourth-order valence-corrected chi connectivity index (χ4v) is 3.26. The van der Waals surface area contributed by atoms with Crippen LogP contribution in [0, 0.1) is 11.7 Å². The SMILES string of the molecule is CCC1CCCC(N)(Cc2ccc(Cl)c(F)c2)CC1. The van der Waals surface area contributed by atoms with Crippen molar-refractivity contribution >= 4 is 11.6 Å². The van der Waals surface area contributed by atoms with Crippen molar-refractivity contribution in [3.05, 3.63) is 34.6 Å². The van der Waals surface area contributed by atoms with E-state index in [1.54, 1.807) is 6.07 Å². The third kappa shape index (κ3) is 3.93. The molecule has 0 radical (unpaired) electrons. The molecule has 0 aromatic heterocycles. The Hall–Kier alpha value is -0.600. The lowest BCUT2D eigenvalue weighted by Crippen LogP contribution is -2.41. The van der Waals surface area contributed by atoms with Crippen LogP contribution in [0.15, 0.2) is 18.2 Å². The summed E-state index contributed by atoms with van der Waals surface area (Å²) in [4.78, 5) is 0. The Morgan fingerprint density at radius 2 is 2.16 bits per heavy atom. The van der Waals surface area contributed by atoms with Crippen LogP contribution in [-0.4, -0.2) is 5.54 Å². The van der Waals surface area contributed by atoms with E-state index in [9.17, 15) is 4.39 Å². The van der Waals surface area contributed by atoms with E-state index in [2.05, 4.69) is 6.92 Å². The van der Waals surface area contributed by atoms with E-state index in [1.807, 2.05) is 6.07 Å². The van der Waals surface area contributed by atoms with Crippen LogP contribution < -0.4 is 5.73 Å². The molecule has 1 aromatic rings. The highest BCUT2D eigenvalue weighted by atomic mass is 35.5. The Bertz CT molecular complexity index is 435. The van der Waals surface area contributed by atoms with E-state index >= 15 is 0 Å². The fraction of sp³-hybridized carbons (Fsp3) is 0.625. The summed E-state index contributed by atoms with van der Waals surface area (Å²) in [6.45, 7) is 2.25. The third-order valence-electron chi connectivity index (χ3n) is 4.46. The lowest BCUT2D eigenvalue weighted by molar-refractivity contribution is 0.358. The third-order valence-corrected chi connectivity index (χ3v) is 4.76. The summed E-state index contributed by atoms with van der Waals surface area (Å²) in [5.41, 5.74) is 7.32. The minimum atomic E-state index is -0.345. The molecule has 1 aromatic carbocycles. The summed E-state index contributed by atoms with van der Waals surface area (Å²) in [5, 5.41) is 0.182. The molecule has 0 bridgehead atoms. The standard InChI is InChI=1S/C16H23ClFN/c1-2-12-4-3-8-16(19,9-7-12)11-13-5-6-14(17)15(18)10-13/h5-6,10,12H,2-4,7-9,11,19H2,1H3. The van der Waals surface area contributed by atoms with Crippen LogP contribution in [0.2, 0.25) is 5.02 Å². The molecule has 2 N–H and O–H groups in total. The van der Waals surface area contributed by atoms with Gasteiger partial charge in [-0.2, -0.15) is 0 Å². The summed E-state index contributed by atoms with van der Waals surface area (Å²) in [6, 6.07) is 5.04. The van der Waals surface area contributed by atoms with Gasteiger partial charge in [0.2, 0.25) is 0 Å². The van der Waals surface area contributed by atoms with Crippen LogP contribution in [0.5, 0.6) is 0 Å². The number of halogens is 2. The van der Waals surface area contributed by atoms with Gasteiger partial charge in [-0.05, 0) is 49.3 Å². The predicted octanol–water partition coefficient (Wildman–Crippen LogP) is 4.71. The molecular weight excluding hydrogens is 261 g/mol. The highest BCUT2D eigenvalue weighted by molar-refractivity contribution is 6.30. The van der Waals surface area contributed by atoms with Crippen LogP contribution >= 0.6 is 11.6 Å². The van der Waals surface area contributed by atoms with Crippen molar-refractivity contribution in [2.75, 3.05) is 0 Å². The monoisotopic (exact) mass is 283 g/mol. The molecular formula is C16H23ClFN. The normalized spacial score (nSPS) is 28.1. The van der Waals surface area contributed by atoms with Gasteiger partial charge in [0, 0.05) is 5.54 Å². The second-order valence-corrected chi connectivity index (χ2v) is 6.40. The average molecular weight is 284 g/mol. The van der Waals surface area contributed by atoms with Crippen molar-refractivity contribution < 1.29 is 4.39 Å². The van der Waals surface area contributed by atoms with Crippen LogP contribution in [0.3, 0.4) is 0 Å². The summed E-state index contributed by atoms with van der Waals surface area (Å²) >= 11 is 5.72. The molecule has 2 unspecified atom stereocenters. The zero-order valence-electron chi connectivity index (χ0n) is 11.6. The Kier molecular flexibility index (Phi) is 4.86. The van der Waals surface area contributed by atoms with E-state index < -0.39 is 0 Å². The molecule has 0 spiro atoms. The first-order chi connectivity index (χ1) is 9.02. The second-order valence-electron chi connectivity index (χ2n) is 5.99. The zero-order chi connectivity index (χ0) is 13.9. The molecule has 1 nitrogen and oxygen atoms in total. The Morgan fingerprint density at radius 1 is 1.37 bits per heavy atom. The minimum Gasteiger partial charge on any atom is -0.325 e. The smallest absolute Gasteiger partial charge is 0.142 e. The largest absolute Gasteiger partial charge is 0.325 e. The summed E-state index contributed by atoms with van der Waals surface area (Å²) < 4.78 is 13.5. The molecule has 0 aliphatic heterocycles. The second kappa shape index (κ2) is 6.23. The molecule has 106 valence electrons. The fourth-order valence-electron chi connectivity index (χ4n) is 3.14. The van der Waals surface area contributed by atoms with Crippen molar-refractivity contribution in [1.82, 2.24) is 0 Å². The molecule has 1 aliphatic carbocycles. The summed E-state index contributed by atoms with van der Waals surface area (Å²) in [6.07, 6.45) is 7.73. The highest BCUT2D eigenvalue weighted by Crippen LogP contribution is 2.33. The maximum atomic E-state index is 13.5. The minimum absolute atomic E-state index is 0.176. The van der Waals surface area contributed by atoms with Crippen molar-refractivity contribution in [3.63, 3.8) is 0 Å². The molecule has 19 heavy (non-hydrogen) atoms. The Balaban J connectivity index is 2.05. The quantitative estimate of drug-likeness (QED) is 0.799. The summed E-state index contributed by atoms with van der Waals surface area (Å²) in [7, 11) is 0. The Morgan fingerprint density at radius 3 is 2.84 bits per heavy atom. The van der Waals surface area contributed by atoms with Gasteiger partial charge in [-0.1, -0.05) is 43.9 Å². The van der Waals surface area contributed by atoms with E-state index in [-0.39, 0.29) is 16.4 Å². The van der Waals surface area contributed by atoms with Gasteiger partial charge in [-0.15, -0.1) is 0 Å². The molecule has 0 saturated heterocycles. The maximum Gasteiger partial charge on any atom is 0.142 e. The van der Waals surface area contributed by atoms with Gasteiger partial charge < -0.3 is 5.73 Å². The highest BCUT2D eigenvalue weighted by Gasteiger charge is 2.29. The van der Waals surface area contributed by atoms with Crippen LogP contribution in [-0.2, 0) is 6.42 Å². The van der Waals surface area contributed by atoms with Crippen molar-refractivity contribution in [2.45, 2.75) is 57.4 Å². The number of hydrogen-bond acceptors (Lipinski definition) is 1.